The Kier molecular flexibility index (Phi) is 7.61. The van der Waals surface area contributed by atoms with Gasteiger partial charge in [0.1, 0.15) is 5.01 Å². The van der Waals surface area contributed by atoms with E-state index in [2.05, 4.69) is 22.4 Å². The van der Waals surface area contributed by atoms with Gasteiger partial charge < -0.3 is 10.2 Å². The van der Waals surface area contributed by atoms with Gasteiger partial charge in [0, 0.05) is 35.5 Å². The second-order valence-corrected chi connectivity index (χ2v) is 8.91. The van der Waals surface area contributed by atoms with Crippen LogP contribution in [0.2, 0.25) is 5.02 Å². The van der Waals surface area contributed by atoms with Crippen LogP contribution in [-0.4, -0.2) is 39.5 Å². The molecule has 0 unspecified atom stereocenters. The van der Waals surface area contributed by atoms with Crippen LogP contribution < -0.4 is 5.32 Å². The highest BCUT2D eigenvalue weighted by Crippen LogP contribution is 2.29. The van der Waals surface area contributed by atoms with Gasteiger partial charge in [0.2, 0.25) is 16.9 Å². The lowest BCUT2D eigenvalue weighted by Gasteiger charge is -2.30. The van der Waals surface area contributed by atoms with Gasteiger partial charge >= 0.3 is 0 Å². The minimum atomic E-state index is -0.161. The van der Waals surface area contributed by atoms with Crippen LogP contribution in [0.4, 0.5) is 5.13 Å². The van der Waals surface area contributed by atoms with E-state index in [1.165, 1.54) is 11.3 Å². The molecule has 1 atom stereocenters. The number of aromatic nitrogens is 2. The van der Waals surface area contributed by atoms with Crippen LogP contribution in [0.25, 0.3) is 10.6 Å². The van der Waals surface area contributed by atoms with E-state index in [1.807, 2.05) is 30.0 Å². The van der Waals surface area contributed by atoms with Gasteiger partial charge in [-0.05, 0) is 38.3 Å². The first-order valence-electron chi connectivity index (χ1n) is 10.2. The second kappa shape index (κ2) is 10.2. The number of anilines is 1. The Morgan fingerprint density at radius 1 is 1.31 bits per heavy atom. The molecule has 1 aromatic carbocycles. The molecule has 1 fully saturated rings. The lowest BCUT2D eigenvalue weighted by atomic mass is 10.0. The fraction of sp³-hybridized carbons (Fsp3) is 0.524. The van der Waals surface area contributed by atoms with E-state index >= 15 is 0 Å². The minimum Gasteiger partial charge on any atom is -0.339 e. The fourth-order valence-electron chi connectivity index (χ4n) is 3.59. The summed E-state index contributed by atoms with van der Waals surface area (Å²) in [5.74, 6) is 0.158. The summed E-state index contributed by atoms with van der Waals surface area (Å²) < 4.78 is 0. The fourth-order valence-corrected chi connectivity index (χ4v) is 4.54. The van der Waals surface area contributed by atoms with Crippen molar-refractivity contribution in [3.63, 3.8) is 0 Å². The van der Waals surface area contributed by atoms with Gasteiger partial charge in [-0.1, -0.05) is 54.8 Å². The molecule has 0 radical (unpaired) electrons. The lowest BCUT2D eigenvalue weighted by molar-refractivity contribution is -0.137. The normalized spacial score (nSPS) is 15.3. The maximum Gasteiger partial charge on any atom is 0.227 e. The number of nitrogens with one attached hydrogen (secondary N) is 1. The van der Waals surface area contributed by atoms with Crippen molar-refractivity contribution in [2.75, 3.05) is 11.9 Å². The van der Waals surface area contributed by atoms with Crippen LogP contribution in [0, 0.1) is 5.92 Å². The molecular formula is C21H27ClN4O2S. The largest absolute Gasteiger partial charge is 0.339 e. The highest BCUT2D eigenvalue weighted by atomic mass is 35.5. The van der Waals surface area contributed by atoms with Gasteiger partial charge in [-0.2, -0.15) is 0 Å². The van der Waals surface area contributed by atoms with Crippen molar-refractivity contribution in [1.29, 1.82) is 0 Å². The number of carbonyl (C=O) groups excluding carboxylic acids is 2. The standard InChI is InChI=1S/C21H27ClN4O2S/c1-3-14(2)26(20(28)15-7-4-5-8-15)12-11-18(27)23-21-25-24-19(29-21)16-9-6-10-17(22)13-16/h6,9-10,13-15H,3-5,7-8,11-12H2,1-2H3,(H,23,25,27)/t14-/m0/s1. The Hall–Kier alpha value is -1.99. The number of rotatable bonds is 8. The summed E-state index contributed by atoms with van der Waals surface area (Å²) in [6.07, 6.45) is 5.30. The molecule has 156 valence electrons. The molecule has 8 heteroatoms. The van der Waals surface area contributed by atoms with Crippen LogP contribution in [0.5, 0.6) is 0 Å². The molecule has 3 rings (SSSR count). The predicted octanol–water partition coefficient (Wildman–Crippen LogP) is 5.00. The third kappa shape index (κ3) is 5.76. The summed E-state index contributed by atoms with van der Waals surface area (Å²) in [6, 6.07) is 7.49. The number of nitrogens with zero attached hydrogens (tertiary/aromatic N) is 3. The van der Waals surface area contributed by atoms with Crippen LogP contribution in [0.15, 0.2) is 24.3 Å². The average Bonchev–Trinajstić information content (AvgIpc) is 3.40. The zero-order chi connectivity index (χ0) is 20.8. The zero-order valence-electron chi connectivity index (χ0n) is 16.9. The van der Waals surface area contributed by atoms with Crippen molar-refractivity contribution >= 4 is 39.9 Å². The van der Waals surface area contributed by atoms with Crippen molar-refractivity contribution in [1.82, 2.24) is 15.1 Å². The number of benzene rings is 1. The van der Waals surface area contributed by atoms with Crippen LogP contribution in [0.1, 0.15) is 52.4 Å². The van der Waals surface area contributed by atoms with Gasteiger partial charge in [0.05, 0.1) is 0 Å². The van der Waals surface area contributed by atoms with E-state index in [0.717, 1.165) is 37.7 Å². The molecule has 1 aliphatic carbocycles. The first-order chi connectivity index (χ1) is 14.0. The topological polar surface area (TPSA) is 75.2 Å². The molecule has 2 amide bonds. The van der Waals surface area contributed by atoms with Crippen LogP contribution >= 0.6 is 22.9 Å². The molecule has 0 bridgehead atoms. The summed E-state index contributed by atoms with van der Waals surface area (Å²) in [5.41, 5.74) is 0.862. The molecule has 6 nitrogen and oxygen atoms in total. The summed E-state index contributed by atoms with van der Waals surface area (Å²) in [7, 11) is 0. The Morgan fingerprint density at radius 3 is 2.76 bits per heavy atom. The second-order valence-electron chi connectivity index (χ2n) is 7.49. The van der Waals surface area contributed by atoms with Gasteiger partial charge in [-0.15, -0.1) is 10.2 Å². The number of halogens is 1. The van der Waals surface area contributed by atoms with Crippen molar-refractivity contribution in [2.24, 2.45) is 5.92 Å². The minimum absolute atomic E-state index is 0.121. The predicted molar refractivity (Wildman–Crippen MR) is 117 cm³/mol. The van der Waals surface area contributed by atoms with E-state index in [-0.39, 0.29) is 30.2 Å². The maximum atomic E-state index is 12.9. The molecule has 0 spiro atoms. The lowest BCUT2D eigenvalue weighted by Crippen LogP contribution is -2.43. The van der Waals surface area contributed by atoms with Gasteiger partial charge in [-0.25, -0.2) is 0 Å². The number of hydrogen-bond donors (Lipinski definition) is 1. The summed E-state index contributed by atoms with van der Waals surface area (Å²) in [5, 5.41) is 12.7. The van der Waals surface area contributed by atoms with E-state index in [1.54, 1.807) is 6.07 Å². The third-order valence-corrected chi connectivity index (χ3v) is 6.56. The number of hydrogen-bond acceptors (Lipinski definition) is 5. The molecule has 1 N–H and O–H groups in total. The Bertz CT molecular complexity index is 851. The van der Waals surface area contributed by atoms with E-state index in [0.29, 0.717) is 21.7 Å². The molecule has 2 aromatic rings. The van der Waals surface area contributed by atoms with Crippen LogP contribution in [0.3, 0.4) is 0 Å². The monoisotopic (exact) mass is 434 g/mol. The molecule has 1 aliphatic rings. The Morgan fingerprint density at radius 2 is 2.07 bits per heavy atom. The summed E-state index contributed by atoms with van der Waals surface area (Å²) in [4.78, 5) is 27.2. The summed E-state index contributed by atoms with van der Waals surface area (Å²) in [6.45, 7) is 4.54. The average molecular weight is 435 g/mol. The van der Waals surface area contributed by atoms with Gasteiger partial charge in [-0.3, -0.25) is 9.59 Å². The SMILES string of the molecule is CC[C@H](C)N(CCC(=O)Nc1nnc(-c2cccc(Cl)c2)s1)C(=O)C1CCCC1. The zero-order valence-corrected chi connectivity index (χ0v) is 18.4. The maximum absolute atomic E-state index is 12.9. The molecule has 1 heterocycles. The Labute approximate surface area is 180 Å². The van der Waals surface area contributed by atoms with Crippen LogP contribution in [-0.2, 0) is 9.59 Å². The smallest absolute Gasteiger partial charge is 0.227 e. The Balaban J connectivity index is 1.57. The molecule has 0 saturated heterocycles. The van der Waals surface area contributed by atoms with Crippen molar-refractivity contribution in [2.45, 2.75) is 58.4 Å². The van der Waals surface area contributed by atoms with Crippen molar-refractivity contribution in [3.05, 3.63) is 29.3 Å². The van der Waals surface area contributed by atoms with Gasteiger partial charge in [0.15, 0.2) is 0 Å². The van der Waals surface area contributed by atoms with E-state index in [9.17, 15) is 9.59 Å². The third-order valence-electron chi connectivity index (χ3n) is 5.43. The number of amides is 2. The van der Waals surface area contributed by atoms with Crippen molar-refractivity contribution < 1.29 is 9.59 Å². The first kappa shape index (κ1) is 21.7. The molecule has 29 heavy (non-hydrogen) atoms. The number of carbonyl (C=O) groups is 2. The molecular weight excluding hydrogens is 408 g/mol. The summed E-state index contributed by atoms with van der Waals surface area (Å²) >= 11 is 7.32. The van der Waals surface area contributed by atoms with E-state index < -0.39 is 0 Å². The molecule has 1 aromatic heterocycles. The quantitative estimate of drug-likeness (QED) is 0.634. The first-order valence-corrected chi connectivity index (χ1v) is 11.4. The molecule has 0 aliphatic heterocycles. The van der Waals surface area contributed by atoms with E-state index in [4.69, 9.17) is 11.6 Å². The molecule has 1 saturated carbocycles. The van der Waals surface area contributed by atoms with Gasteiger partial charge in [0.25, 0.3) is 0 Å². The highest BCUT2D eigenvalue weighted by molar-refractivity contribution is 7.18. The van der Waals surface area contributed by atoms with Crippen molar-refractivity contribution in [3.8, 4) is 10.6 Å². The highest BCUT2D eigenvalue weighted by Gasteiger charge is 2.29.